The molecule has 0 bridgehead atoms. The van der Waals surface area contributed by atoms with Crippen molar-refractivity contribution in [1.29, 1.82) is 0 Å². The van der Waals surface area contributed by atoms with Crippen LogP contribution in [-0.2, 0) is 6.42 Å². The number of alkyl halides is 2. The number of imidazole rings is 1. The van der Waals surface area contributed by atoms with Gasteiger partial charge in [-0.3, -0.25) is 0 Å². The first-order valence-corrected chi connectivity index (χ1v) is 6.86. The number of benzene rings is 1. The Bertz CT molecular complexity index is 613. The fraction of sp³-hybridized carbons (Fsp3) is 0.400. The van der Waals surface area contributed by atoms with Gasteiger partial charge in [0.15, 0.2) is 0 Å². The minimum Gasteiger partial charge on any atom is -0.383 e. The number of hydrogen-bond donors (Lipinski definition) is 1. The summed E-state index contributed by atoms with van der Waals surface area (Å²) in [4.78, 5) is 4.58. The van der Waals surface area contributed by atoms with Crippen LogP contribution in [0.3, 0.4) is 0 Å². The molecule has 1 heterocycles. The Balaban J connectivity index is 2.01. The zero-order chi connectivity index (χ0) is 14.3. The number of nitrogens with two attached hydrogens (primary N) is 1. The van der Waals surface area contributed by atoms with E-state index in [2.05, 4.69) is 9.55 Å². The van der Waals surface area contributed by atoms with E-state index in [9.17, 15) is 8.78 Å². The summed E-state index contributed by atoms with van der Waals surface area (Å²) >= 11 is 0. The van der Waals surface area contributed by atoms with Crippen molar-refractivity contribution in [2.75, 3.05) is 5.73 Å². The van der Waals surface area contributed by atoms with Crippen molar-refractivity contribution in [2.24, 2.45) is 0 Å². The lowest BCUT2D eigenvalue weighted by molar-refractivity contribution is 0.151. The van der Waals surface area contributed by atoms with Gasteiger partial charge in [-0.2, -0.15) is 0 Å². The van der Waals surface area contributed by atoms with Gasteiger partial charge in [0.1, 0.15) is 17.3 Å². The highest BCUT2D eigenvalue weighted by Crippen LogP contribution is 2.41. The molecule has 0 spiro atoms. The van der Waals surface area contributed by atoms with Crippen molar-refractivity contribution in [1.82, 2.24) is 9.55 Å². The van der Waals surface area contributed by atoms with E-state index in [0.29, 0.717) is 17.6 Å². The summed E-state index contributed by atoms with van der Waals surface area (Å²) < 4.78 is 27.2. The van der Waals surface area contributed by atoms with Gasteiger partial charge >= 0.3 is 0 Å². The van der Waals surface area contributed by atoms with Crippen LogP contribution < -0.4 is 5.73 Å². The fourth-order valence-corrected chi connectivity index (χ4v) is 2.48. The molecule has 20 heavy (non-hydrogen) atoms. The average Bonchev–Trinajstić information content (AvgIpc) is 3.22. The van der Waals surface area contributed by atoms with Crippen molar-refractivity contribution in [2.45, 2.75) is 38.7 Å². The van der Waals surface area contributed by atoms with Crippen LogP contribution in [0.15, 0.2) is 24.3 Å². The first-order chi connectivity index (χ1) is 9.61. The molecule has 0 amide bonds. The second-order valence-corrected chi connectivity index (χ2v) is 5.14. The second kappa shape index (κ2) is 4.89. The third kappa shape index (κ3) is 2.17. The van der Waals surface area contributed by atoms with Crippen molar-refractivity contribution in [3.8, 4) is 11.3 Å². The number of halogens is 2. The molecule has 2 N–H and O–H groups in total. The molecule has 1 aliphatic carbocycles. The van der Waals surface area contributed by atoms with Crippen LogP contribution >= 0.6 is 0 Å². The van der Waals surface area contributed by atoms with Gasteiger partial charge in [0.25, 0.3) is 6.43 Å². The maximum absolute atomic E-state index is 12.6. The fourth-order valence-electron chi connectivity index (χ4n) is 2.48. The van der Waals surface area contributed by atoms with E-state index in [4.69, 9.17) is 5.73 Å². The number of nitrogens with zero attached hydrogens (tertiary/aromatic N) is 2. The van der Waals surface area contributed by atoms with E-state index in [1.807, 2.05) is 6.92 Å². The first kappa shape index (κ1) is 13.1. The summed E-state index contributed by atoms with van der Waals surface area (Å²) in [5.41, 5.74) is 7.72. The average molecular weight is 277 g/mol. The molecule has 106 valence electrons. The maximum atomic E-state index is 12.6. The molecule has 3 nitrogen and oxygen atoms in total. The van der Waals surface area contributed by atoms with Gasteiger partial charge in [-0.1, -0.05) is 31.2 Å². The molecule has 1 aliphatic rings. The Labute approximate surface area is 116 Å². The van der Waals surface area contributed by atoms with E-state index >= 15 is 0 Å². The summed E-state index contributed by atoms with van der Waals surface area (Å²) in [7, 11) is 0. The lowest BCUT2D eigenvalue weighted by Gasteiger charge is -2.06. The van der Waals surface area contributed by atoms with E-state index in [-0.39, 0.29) is 5.56 Å². The lowest BCUT2D eigenvalue weighted by Crippen LogP contribution is -2.04. The summed E-state index contributed by atoms with van der Waals surface area (Å²) in [6.45, 7) is 2.05. The number of rotatable bonds is 4. The van der Waals surface area contributed by atoms with Crippen LogP contribution in [0.2, 0.25) is 0 Å². The summed E-state index contributed by atoms with van der Waals surface area (Å²) in [6.07, 6.45) is 0.640. The number of hydrogen-bond acceptors (Lipinski definition) is 2. The number of aromatic nitrogens is 2. The zero-order valence-corrected chi connectivity index (χ0v) is 11.3. The van der Waals surface area contributed by atoms with Gasteiger partial charge in [0.05, 0.1) is 0 Å². The predicted octanol–water partition coefficient (Wildman–Crippen LogP) is 3.97. The topological polar surface area (TPSA) is 43.8 Å². The van der Waals surface area contributed by atoms with Gasteiger partial charge in [-0.25, -0.2) is 13.8 Å². The quantitative estimate of drug-likeness (QED) is 0.919. The maximum Gasteiger partial charge on any atom is 0.263 e. The predicted molar refractivity (Wildman–Crippen MR) is 74.7 cm³/mol. The van der Waals surface area contributed by atoms with Crippen LogP contribution in [-0.4, -0.2) is 9.55 Å². The summed E-state index contributed by atoms with van der Waals surface area (Å²) in [5.74, 6) is 1.62. The normalized spacial score (nSPS) is 15.0. The Morgan fingerprint density at radius 1 is 1.30 bits per heavy atom. The van der Waals surface area contributed by atoms with E-state index in [0.717, 1.165) is 30.7 Å². The molecule has 1 aromatic heterocycles. The number of nitrogen functional groups attached to an aromatic ring is 1. The van der Waals surface area contributed by atoms with Crippen LogP contribution in [0.1, 0.15) is 43.6 Å². The standard InChI is InChI=1S/C15H17F2N3/c1-2-12-19-13(15(18)20(12)11-7-8-11)9-3-5-10(6-4-9)14(16)17/h3-6,11,14H,2,7-8,18H2,1H3. The molecular formula is C15H17F2N3. The van der Waals surface area contributed by atoms with Crippen LogP contribution in [0, 0.1) is 0 Å². The molecular weight excluding hydrogens is 260 g/mol. The van der Waals surface area contributed by atoms with Crippen LogP contribution in [0.5, 0.6) is 0 Å². The monoisotopic (exact) mass is 277 g/mol. The molecule has 5 heteroatoms. The highest BCUT2D eigenvalue weighted by molar-refractivity contribution is 5.71. The second-order valence-electron chi connectivity index (χ2n) is 5.14. The summed E-state index contributed by atoms with van der Waals surface area (Å²) in [6, 6.07) is 6.65. The minimum absolute atomic E-state index is 0.0182. The molecule has 1 aromatic carbocycles. The minimum atomic E-state index is -2.45. The smallest absolute Gasteiger partial charge is 0.263 e. The van der Waals surface area contributed by atoms with Crippen molar-refractivity contribution in [3.05, 3.63) is 35.7 Å². The molecule has 0 atom stereocenters. The van der Waals surface area contributed by atoms with Crippen molar-refractivity contribution >= 4 is 5.82 Å². The molecule has 0 unspecified atom stereocenters. The van der Waals surface area contributed by atoms with E-state index < -0.39 is 6.43 Å². The summed E-state index contributed by atoms with van der Waals surface area (Å²) in [5, 5.41) is 0. The Hall–Kier alpha value is -1.91. The van der Waals surface area contributed by atoms with Crippen molar-refractivity contribution < 1.29 is 8.78 Å². The van der Waals surface area contributed by atoms with Crippen LogP contribution in [0.25, 0.3) is 11.3 Å². The molecule has 1 fully saturated rings. The Morgan fingerprint density at radius 2 is 1.95 bits per heavy atom. The van der Waals surface area contributed by atoms with Gasteiger partial charge in [0, 0.05) is 23.6 Å². The molecule has 1 saturated carbocycles. The van der Waals surface area contributed by atoms with Crippen molar-refractivity contribution in [3.63, 3.8) is 0 Å². The highest BCUT2D eigenvalue weighted by Gasteiger charge is 2.29. The molecule has 0 radical (unpaired) electrons. The Kier molecular flexibility index (Phi) is 3.20. The zero-order valence-electron chi connectivity index (χ0n) is 11.3. The first-order valence-electron chi connectivity index (χ1n) is 6.86. The largest absolute Gasteiger partial charge is 0.383 e. The SMILES string of the molecule is CCc1nc(-c2ccc(C(F)F)cc2)c(N)n1C1CC1. The highest BCUT2D eigenvalue weighted by atomic mass is 19.3. The number of anilines is 1. The van der Waals surface area contributed by atoms with Crippen LogP contribution in [0.4, 0.5) is 14.6 Å². The van der Waals surface area contributed by atoms with E-state index in [1.165, 1.54) is 12.1 Å². The van der Waals surface area contributed by atoms with Gasteiger partial charge < -0.3 is 10.3 Å². The molecule has 2 aromatic rings. The Morgan fingerprint density at radius 3 is 2.45 bits per heavy atom. The van der Waals surface area contributed by atoms with Gasteiger partial charge in [-0.05, 0) is 12.8 Å². The third-order valence-corrected chi connectivity index (χ3v) is 3.69. The molecule has 3 rings (SSSR count). The van der Waals surface area contributed by atoms with Gasteiger partial charge in [0.2, 0.25) is 0 Å². The lowest BCUT2D eigenvalue weighted by atomic mass is 10.1. The molecule has 0 saturated heterocycles. The van der Waals surface area contributed by atoms with Gasteiger partial charge in [-0.15, -0.1) is 0 Å². The third-order valence-electron chi connectivity index (χ3n) is 3.69. The molecule has 0 aliphatic heterocycles. The van der Waals surface area contributed by atoms with E-state index in [1.54, 1.807) is 12.1 Å². The number of aryl methyl sites for hydroxylation is 1.